The van der Waals surface area contributed by atoms with Crippen molar-refractivity contribution < 1.29 is 47.6 Å². The molecule has 0 aliphatic carbocycles. The first kappa shape index (κ1) is 19.1. The molecule has 0 aromatic carbocycles. The topological polar surface area (TPSA) is 228 Å². The fourth-order valence-electron chi connectivity index (χ4n) is 3.79. The van der Waals surface area contributed by atoms with Crippen LogP contribution in [0.25, 0.3) is 0 Å². The van der Waals surface area contributed by atoms with E-state index in [9.17, 15) is 24.2 Å². The molecule has 0 saturated carbocycles. The predicted molar refractivity (Wildman–Crippen MR) is 85.8 cm³/mol. The number of phosphoric acid groups is 2. The largest absolute Gasteiger partial charge is 0.481 e. The van der Waals surface area contributed by atoms with Gasteiger partial charge in [0.2, 0.25) is 11.4 Å². The fraction of sp³-hybridized carbons (Fsp3) is 0.800. The van der Waals surface area contributed by atoms with Gasteiger partial charge in [-0.15, -0.1) is 0 Å². The number of amidine groups is 1. The van der Waals surface area contributed by atoms with Crippen molar-refractivity contribution in [3.8, 4) is 0 Å². The normalized spacial score (nSPS) is 47.8. The maximum absolute atomic E-state index is 11.5. The fourth-order valence-corrected chi connectivity index (χ4v) is 5.39. The van der Waals surface area contributed by atoms with Gasteiger partial charge in [0.25, 0.3) is 0 Å². The number of nitrogens with one attached hydrogen (secondary N) is 2. The lowest BCUT2D eigenvalue weighted by Gasteiger charge is -2.29. The second kappa shape index (κ2) is 5.65. The number of hydrogen-bond acceptors (Lipinski definition) is 13. The number of ether oxygens (including phenoxy) is 1. The van der Waals surface area contributed by atoms with E-state index in [1.165, 1.54) is 6.34 Å². The van der Waals surface area contributed by atoms with Crippen LogP contribution in [0.4, 0.5) is 0 Å². The minimum absolute atomic E-state index is 0.226. The molecule has 0 aromatic heterocycles. The first-order chi connectivity index (χ1) is 13.0. The zero-order valence-electron chi connectivity index (χ0n) is 13.8. The molecule has 4 fully saturated rings. The molecule has 0 bridgehead atoms. The Labute approximate surface area is 156 Å². The molecule has 18 heteroatoms. The molecule has 16 nitrogen and oxygen atoms in total. The number of hydrogen-bond donors (Lipinski definition) is 7. The summed E-state index contributed by atoms with van der Waals surface area (Å²) in [5.41, 5.74) is 2.39. The summed E-state index contributed by atoms with van der Waals surface area (Å²) >= 11 is 0. The predicted octanol–water partition coefficient (Wildman–Crippen LogP) is -3.85. The highest BCUT2D eigenvalue weighted by atomic mass is 31.3. The molecular weight excluding hydrogens is 426 g/mol. The van der Waals surface area contributed by atoms with Crippen LogP contribution in [0, 0.1) is 0 Å². The molecule has 5 aliphatic rings. The second-order valence-corrected chi connectivity index (χ2v) is 9.54. The van der Waals surface area contributed by atoms with E-state index in [2.05, 4.69) is 29.6 Å². The SMILES string of the molecule is O=P(O)(O)OP(=O)(O)OC[C@H]1O[C@@H](N2CN[C@@]34C2=NC=N[C@@]32NN24)[C@H](O)[C@@H]1O. The minimum atomic E-state index is -5.27. The molecule has 5 heterocycles. The highest BCUT2D eigenvalue weighted by Crippen LogP contribution is 2.63. The van der Waals surface area contributed by atoms with E-state index in [0.29, 0.717) is 5.84 Å². The van der Waals surface area contributed by atoms with Gasteiger partial charge in [-0.05, 0) is 0 Å². The van der Waals surface area contributed by atoms with Crippen molar-refractivity contribution in [3.05, 3.63) is 0 Å². The zero-order chi connectivity index (χ0) is 20.1. The summed E-state index contributed by atoms with van der Waals surface area (Å²) in [6.45, 7) is -0.537. The van der Waals surface area contributed by atoms with Crippen molar-refractivity contribution in [1.82, 2.24) is 20.7 Å². The Kier molecular flexibility index (Phi) is 3.86. The lowest BCUT2D eigenvalue weighted by atomic mass is 10.1. The summed E-state index contributed by atoms with van der Waals surface area (Å²) in [5, 5.41) is 25.6. The summed E-state index contributed by atoms with van der Waals surface area (Å²) in [7, 11) is -10.4. The van der Waals surface area contributed by atoms with Crippen LogP contribution in [0.3, 0.4) is 0 Å². The van der Waals surface area contributed by atoms with Gasteiger partial charge in [0.05, 0.1) is 13.3 Å². The van der Waals surface area contributed by atoms with Gasteiger partial charge < -0.3 is 34.5 Å². The smallest absolute Gasteiger partial charge is 0.387 e. The first-order valence-corrected chi connectivity index (χ1v) is 11.0. The summed E-state index contributed by atoms with van der Waals surface area (Å²) in [6, 6.07) is 0. The van der Waals surface area contributed by atoms with Gasteiger partial charge in [-0.2, -0.15) is 9.32 Å². The quantitative estimate of drug-likeness (QED) is 0.154. The standard InChI is InChI=1S/C10H16N6O10P2/c17-5-4(1-24-28(22,23)26-27(19,20)21)25-7(6(5)18)15-3-13-9-8(15)11-2-12-10(9)14-16(9)10/h2,4-7,13-14,17-18H,1,3H2,(H,22,23)(H2,19,20,21)/t4-,5-,6-,7-,9-,10-,16?/m1/s1. The van der Waals surface area contributed by atoms with E-state index < -0.39 is 58.2 Å². The maximum atomic E-state index is 11.5. The van der Waals surface area contributed by atoms with Gasteiger partial charge in [0.1, 0.15) is 24.7 Å². The van der Waals surface area contributed by atoms with Crippen molar-refractivity contribution >= 4 is 27.8 Å². The lowest BCUT2D eigenvalue weighted by molar-refractivity contribution is -0.0687. The third-order valence-corrected chi connectivity index (χ3v) is 7.26. The minimum Gasteiger partial charge on any atom is -0.387 e. The van der Waals surface area contributed by atoms with Crippen LogP contribution in [-0.4, -0.2) is 96.2 Å². The number of aliphatic imine (C=N–C) groups is 2. The van der Waals surface area contributed by atoms with Crippen molar-refractivity contribution in [2.75, 3.05) is 13.3 Å². The molecule has 0 aromatic rings. The molecule has 4 saturated heterocycles. The average molecular weight is 442 g/mol. The summed E-state index contributed by atoms with van der Waals surface area (Å²) < 4.78 is 35.9. The number of aliphatic hydroxyl groups excluding tert-OH is 2. The number of hydrazine groups is 1. The highest BCUT2D eigenvalue weighted by molar-refractivity contribution is 7.60. The van der Waals surface area contributed by atoms with Gasteiger partial charge in [-0.1, -0.05) is 0 Å². The van der Waals surface area contributed by atoms with Crippen LogP contribution in [-0.2, 0) is 22.7 Å². The molecule has 8 atom stereocenters. The van der Waals surface area contributed by atoms with E-state index in [1.54, 1.807) is 4.90 Å². The van der Waals surface area contributed by atoms with Crippen molar-refractivity contribution in [2.24, 2.45) is 9.98 Å². The number of phosphoric ester groups is 1. The Morgan fingerprint density at radius 2 is 2.07 bits per heavy atom. The van der Waals surface area contributed by atoms with Crippen molar-refractivity contribution in [1.29, 1.82) is 0 Å². The second-order valence-electron chi connectivity index (χ2n) is 6.71. The van der Waals surface area contributed by atoms with E-state index >= 15 is 0 Å². The molecule has 7 N–H and O–H groups in total. The molecular formula is C10H16N6O10P2. The van der Waals surface area contributed by atoms with E-state index in [4.69, 9.17) is 14.5 Å². The van der Waals surface area contributed by atoms with Gasteiger partial charge in [0.15, 0.2) is 12.1 Å². The van der Waals surface area contributed by atoms with Gasteiger partial charge in [-0.25, -0.2) is 24.5 Å². The number of nitrogens with zero attached hydrogens (tertiary/aromatic N) is 4. The van der Waals surface area contributed by atoms with Crippen LogP contribution in [0.1, 0.15) is 0 Å². The van der Waals surface area contributed by atoms with E-state index in [1.807, 2.05) is 5.01 Å². The molecule has 2 spiro atoms. The highest BCUT2D eigenvalue weighted by Gasteiger charge is 2.95. The molecule has 0 amide bonds. The van der Waals surface area contributed by atoms with Crippen LogP contribution in [0.15, 0.2) is 9.98 Å². The molecule has 0 radical (unpaired) electrons. The summed E-state index contributed by atoms with van der Waals surface area (Å²) in [5.74, 6) is -0.0656. The van der Waals surface area contributed by atoms with Gasteiger partial charge >= 0.3 is 15.6 Å². The average Bonchev–Trinajstić information content (AvgIpc) is 3.32. The molecule has 2 unspecified atom stereocenters. The zero-order valence-corrected chi connectivity index (χ0v) is 15.6. The van der Waals surface area contributed by atoms with E-state index in [-0.39, 0.29) is 6.67 Å². The Hall–Kier alpha value is -0.840. The molecule has 5 rings (SSSR count). The van der Waals surface area contributed by atoms with E-state index in [0.717, 1.165) is 0 Å². The Morgan fingerprint density at radius 3 is 2.75 bits per heavy atom. The van der Waals surface area contributed by atoms with Crippen LogP contribution >= 0.6 is 15.6 Å². The van der Waals surface area contributed by atoms with Crippen molar-refractivity contribution in [3.63, 3.8) is 0 Å². The van der Waals surface area contributed by atoms with Crippen molar-refractivity contribution in [2.45, 2.75) is 36.0 Å². The Bertz CT molecular complexity index is 881. The Morgan fingerprint density at radius 1 is 1.32 bits per heavy atom. The third-order valence-electron chi connectivity index (χ3n) is 5.11. The summed E-state index contributed by atoms with van der Waals surface area (Å²) in [6.07, 6.45) is -3.87. The monoisotopic (exact) mass is 442 g/mol. The van der Waals surface area contributed by atoms with Gasteiger partial charge in [-0.3, -0.25) is 9.84 Å². The van der Waals surface area contributed by atoms with Gasteiger partial charge in [0, 0.05) is 0 Å². The Balaban J connectivity index is 1.26. The van der Waals surface area contributed by atoms with Crippen LogP contribution < -0.4 is 10.7 Å². The van der Waals surface area contributed by atoms with Crippen LogP contribution in [0.5, 0.6) is 0 Å². The molecule has 156 valence electrons. The molecule has 5 aliphatic heterocycles. The lowest BCUT2D eigenvalue weighted by Crippen LogP contribution is -2.55. The first-order valence-electron chi connectivity index (χ1n) is 7.98. The summed E-state index contributed by atoms with van der Waals surface area (Å²) in [4.78, 5) is 36.6. The molecule has 28 heavy (non-hydrogen) atoms. The van der Waals surface area contributed by atoms with Crippen LogP contribution in [0.2, 0.25) is 0 Å². The maximum Gasteiger partial charge on any atom is 0.481 e. The number of rotatable bonds is 6. The number of aliphatic hydroxyl groups is 2. The third kappa shape index (κ3) is 2.53.